The molecule has 2 atom stereocenters. The van der Waals surface area contributed by atoms with Crippen LogP contribution in [0.3, 0.4) is 0 Å². The molecular formula is C11H16ClN3O. The van der Waals surface area contributed by atoms with Gasteiger partial charge in [0.2, 0.25) is 0 Å². The quantitative estimate of drug-likeness (QED) is 0.795. The number of rotatable bonds is 2. The van der Waals surface area contributed by atoms with Gasteiger partial charge in [-0.05, 0) is 13.3 Å². The van der Waals surface area contributed by atoms with Gasteiger partial charge in [-0.25, -0.2) is 4.98 Å². The van der Waals surface area contributed by atoms with Crippen LogP contribution in [0.15, 0.2) is 12.4 Å². The molecule has 4 nitrogen and oxygen atoms in total. The average molecular weight is 242 g/mol. The summed E-state index contributed by atoms with van der Waals surface area (Å²) in [7, 11) is 0. The minimum atomic E-state index is 0.226. The van der Waals surface area contributed by atoms with Crippen LogP contribution in [0.1, 0.15) is 20.3 Å². The van der Waals surface area contributed by atoms with Gasteiger partial charge in [0.15, 0.2) is 0 Å². The van der Waals surface area contributed by atoms with Crippen molar-refractivity contribution in [2.24, 2.45) is 0 Å². The normalized spacial score (nSPS) is 25.8. The van der Waals surface area contributed by atoms with E-state index in [0.717, 1.165) is 25.4 Å². The molecule has 88 valence electrons. The molecule has 0 radical (unpaired) electrons. The second kappa shape index (κ2) is 4.97. The van der Waals surface area contributed by atoms with E-state index < -0.39 is 0 Å². The molecule has 1 aromatic rings. The highest BCUT2D eigenvalue weighted by Gasteiger charge is 2.26. The summed E-state index contributed by atoms with van der Waals surface area (Å²) in [4.78, 5) is 10.6. The van der Waals surface area contributed by atoms with Crippen LogP contribution in [-0.2, 0) is 4.74 Å². The molecule has 0 saturated carbocycles. The van der Waals surface area contributed by atoms with Crippen LogP contribution >= 0.6 is 11.6 Å². The summed E-state index contributed by atoms with van der Waals surface area (Å²) in [5.41, 5.74) is 0. The fourth-order valence-electron chi connectivity index (χ4n) is 1.93. The first kappa shape index (κ1) is 11.6. The van der Waals surface area contributed by atoms with E-state index >= 15 is 0 Å². The van der Waals surface area contributed by atoms with Crippen molar-refractivity contribution < 1.29 is 4.74 Å². The molecule has 0 spiro atoms. The largest absolute Gasteiger partial charge is 0.375 e. The minimum Gasteiger partial charge on any atom is -0.375 e. The lowest BCUT2D eigenvalue weighted by Gasteiger charge is -2.38. The minimum absolute atomic E-state index is 0.226. The van der Waals surface area contributed by atoms with Gasteiger partial charge in [0.1, 0.15) is 11.0 Å². The van der Waals surface area contributed by atoms with E-state index in [4.69, 9.17) is 16.3 Å². The molecule has 0 aliphatic carbocycles. The van der Waals surface area contributed by atoms with E-state index in [1.54, 1.807) is 12.4 Å². The molecule has 0 N–H and O–H groups in total. The topological polar surface area (TPSA) is 38.2 Å². The maximum Gasteiger partial charge on any atom is 0.149 e. The van der Waals surface area contributed by atoms with E-state index in [-0.39, 0.29) is 6.10 Å². The van der Waals surface area contributed by atoms with Crippen LogP contribution in [0.4, 0.5) is 5.82 Å². The number of anilines is 1. The summed E-state index contributed by atoms with van der Waals surface area (Å²) in [6.45, 7) is 5.80. The molecule has 0 aromatic carbocycles. The van der Waals surface area contributed by atoms with E-state index in [9.17, 15) is 0 Å². The Bertz CT molecular complexity index is 361. The summed E-state index contributed by atoms with van der Waals surface area (Å²) in [6.07, 6.45) is 4.56. The van der Waals surface area contributed by atoms with Crippen molar-refractivity contribution in [2.75, 3.05) is 18.1 Å². The van der Waals surface area contributed by atoms with Crippen LogP contribution < -0.4 is 4.90 Å². The maximum absolute atomic E-state index is 5.86. The molecule has 2 unspecified atom stereocenters. The van der Waals surface area contributed by atoms with Gasteiger partial charge in [-0.3, -0.25) is 4.98 Å². The van der Waals surface area contributed by atoms with E-state index in [1.165, 1.54) is 0 Å². The lowest BCUT2D eigenvalue weighted by molar-refractivity contribution is 0.0296. The van der Waals surface area contributed by atoms with Crippen molar-refractivity contribution in [3.63, 3.8) is 0 Å². The number of ether oxygens (including phenoxy) is 1. The fourth-order valence-corrected chi connectivity index (χ4v) is 2.08. The second-order valence-corrected chi connectivity index (χ2v) is 4.45. The van der Waals surface area contributed by atoms with E-state index in [0.29, 0.717) is 11.2 Å². The molecule has 2 heterocycles. The Balaban J connectivity index is 2.22. The van der Waals surface area contributed by atoms with Crippen LogP contribution in [0.5, 0.6) is 0 Å². The van der Waals surface area contributed by atoms with Gasteiger partial charge in [0.05, 0.1) is 31.1 Å². The van der Waals surface area contributed by atoms with Gasteiger partial charge < -0.3 is 9.64 Å². The Morgan fingerprint density at radius 1 is 1.56 bits per heavy atom. The molecule has 1 fully saturated rings. The average Bonchev–Trinajstić information content (AvgIpc) is 2.29. The Morgan fingerprint density at radius 2 is 2.38 bits per heavy atom. The number of hydrogen-bond acceptors (Lipinski definition) is 4. The zero-order valence-corrected chi connectivity index (χ0v) is 10.3. The molecule has 1 aromatic heterocycles. The number of aromatic nitrogens is 2. The van der Waals surface area contributed by atoms with Gasteiger partial charge in [-0.15, -0.1) is 0 Å². The third-order valence-corrected chi connectivity index (χ3v) is 3.01. The van der Waals surface area contributed by atoms with Crippen molar-refractivity contribution in [3.05, 3.63) is 17.5 Å². The van der Waals surface area contributed by atoms with Crippen molar-refractivity contribution in [1.29, 1.82) is 0 Å². The van der Waals surface area contributed by atoms with Crippen molar-refractivity contribution in [3.8, 4) is 0 Å². The van der Waals surface area contributed by atoms with Crippen molar-refractivity contribution >= 4 is 17.4 Å². The standard InChI is InChI=1S/C11H16ClN3O/c1-3-9-7-16-8(2)6-15(9)11-5-13-4-10(12)14-11/h4-5,8-9H,3,6-7H2,1-2H3. The van der Waals surface area contributed by atoms with Crippen LogP contribution in [0, 0.1) is 0 Å². The highest BCUT2D eigenvalue weighted by Crippen LogP contribution is 2.21. The molecule has 1 saturated heterocycles. The molecule has 2 rings (SSSR count). The summed E-state index contributed by atoms with van der Waals surface area (Å²) in [6, 6.07) is 0.365. The Labute approximate surface area is 101 Å². The number of nitrogens with zero attached hydrogens (tertiary/aromatic N) is 3. The number of halogens is 1. The van der Waals surface area contributed by atoms with Crippen LogP contribution in [0.25, 0.3) is 0 Å². The first-order chi connectivity index (χ1) is 7.70. The fraction of sp³-hybridized carbons (Fsp3) is 0.636. The van der Waals surface area contributed by atoms with Gasteiger partial charge >= 0.3 is 0 Å². The molecule has 5 heteroatoms. The zero-order valence-electron chi connectivity index (χ0n) is 9.56. The van der Waals surface area contributed by atoms with Crippen molar-refractivity contribution in [2.45, 2.75) is 32.4 Å². The Hall–Kier alpha value is -0.870. The van der Waals surface area contributed by atoms with Gasteiger partial charge in [0.25, 0.3) is 0 Å². The summed E-state index contributed by atoms with van der Waals surface area (Å²) >= 11 is 5.86. The molecule has 1 aliphatic heterocycles. The SMILES string of the molecule is CCC1COC(C)CN1c1cncc(Cl)n1. The third kappa shape index (κ3) is 2.44. The molecule has 0 bridgehead atoms. The van der Waals surface area contributed by atoms with E-state index in [2.05, 4.69) is 28.7 Å². The predicted octanol–water partition coefficient (Wildman–Crippen LogP) is 2.13. The maximum atomic E-state index is 5.86. The lowest BCUT2D eigenvalue weighted by atomic mass is 10.1. The number of morpholine rings is 1. The zero-order chi connectivity index (χ0) is 11.5. The highest BCUT2D eigenvalue weighted by molar-refractivity contribution is 6.29. The first-order valence-electron chi connectivity index (χ1n) is 5.56. The van der Waals surface area contributed by atoms with Gasteiger partial charge in [-0.1, -0.05) is 18.5 Å². The molecule has 16 heavy (non-hydrogen) atoms. The van der Waals surface area contributed by atoms with Crippen LogP contribution in [-0.4, -0.2) is 35.3 Å². The molecule has 1 aliphatic rings. The smallest absolute Gasteiger partial charge is 0.149 e. The summed E-state index contributed by atoms with van der Waals surface area (Å²) < 4.78 is 5.64. The van der Waals surface area contributed by atoms with Crippen LogP contribution in [0.2, 0.25) is 5.15 Å². The first-order valence-corrected chi connectivity index (χ1v) is 5.94. The third-order valence-electron chi connectivity index (χ3n) is 2.83. The summed E-state index contributed by atoms with van der Waals surface area (Å²) in [5.74, 6) is 0.842. The Morgan fingerprint density at radius 3 is 3.06 bits per heavy atom. The molecular weight excluding hydrogens is 226 g/mol. The molecule has 0 amide bonds. The van der Waals surface area contributed by atoms with E-state index in [1.807, 2.05) is 0 Å². The predicted molar refractivity (Wildman–Crippen MR) is 63.9 cm³/mol. The monoisotopic (exact) mass is 241 g/mol. The number of hydrogen-bond donors (Lipinski definition) is 0. The Kier molecular flexibility index (Phi) is 3.61. The summed E-state index contributed by atoms with van der Waals surface area (Å²) in [5, 5.41) is 0.437. The lowest BCUT2D eigenvalue weighted by Crippen LogP contribution is -2.49. The highest BCUT2D eigenvalue weighted by atomic mass is 35.5. The van der Waals surface area contributed by atoms with Gasteiger partial charge in [-0.2, -0.15) is 0 Å². The second-order valence-electron chi connectivity index (χ2n) is 4.06. The van der Waals surface area contributed by atoms with Crippen molar-refractivity contribution in [1.82, 2.24) is 9.97 Å². The van der Waals surface area contributed by atoms with Gasteiger partial charge in [0, 0.05) is 6.54 Å².